The third-order valence-electron chi connectivity index (χ3n) is 2.89. The van der Waals surface area contributed by atoms with Crippen LogP contribution in [0, 0.1) is 0 Å². The predicted molar refractivity (Wildman–Crippen MR) is 80.5 cm³/mol. The highest BCUT2D eigenvalue weighted by Gasteiger charge is 2.33. The van der Waals surface area contributed by atoms with Crippen molar-refractivity contribution >= 4 is 46.8 Å². The molecule has 1 aliphatic rings. The van der Waals surface area contributed by atoms with Crippen LogP contribution < -0.4 is 10.6 Å². The summed E-state index contributed by atoms with van der Waals surface area (Å²) in [6.45, 7) is 0. The Morgan fingerprint density at radius 3 is 2.76 bits per heavy atom. The molecule has 2 atom stereocenters. The van der Waals surface area contributed by atoms with Gasteiger partial charge in [0.15, 0.2) is 0 Å². The molecular weight excluding hydrogens is 316 g/mol. The van der Waals surface area contributed by atoms with Gasteiger partial charge in [0.05, 0.1) is 16.0 Å². The Hall–Kier alpha value is -1.73. The van der Waals surface area contributed by atoms with E-state index in [2.05, 4.69) is 10.6 Å². The lowest BCUT2D eigenvalue weighted by atomic mass is 10.2. The number of carbonyl (C=O) groups is 3. The fourth-order valence-corrected chi connectivity index (χ4v) is 3.13. The Labute approximate surface area is 130 Å². The van der Waals surface area contributed by atoms with Crippen LogP contribution in [0.2, 0.25) is 5.02 Å². The van der Waals surface area contributed by atoms with Gasteiger partial charge in [-0.2, -0.15) is 0 Å². The van der Waals surface area contributed by atoms with Crippen LogP contribution in [0.15, 0.2) is 24.3 Å². The van der Waals surface area contributed by atoms with Crippen molar-refractivity contribution in [2.45, 2.75) is 17.7 Å². The summed E-state index contributed by atoms with van der Waals surface area (Å²) in [7, 11) is 0. The molecule has 1 aromatic rings. The van der Waals surface area contributed by atoms with Gasteiger partial charge in [-0.15, -0.1) is 11.8 Å². The average molecular weight is 329 g/mol. The summed E-state index contributed by atoms with van der Waals surface area (Å²) < 4.78 is 0. The number of halogens is 1. The number of thioether (sulfide) groups is 1. The maximum Gasteiger partial charge on any atom is 0.327 e. The molecule has 1 aliphatic heterocycles. The smallest absolute Gasteiger partial charge is 0.327 e. The summed E-state index contributed by atoms with van der Waals surface area (Å²) in [5.74, 6) is -1.61. The number of nitrogens with one attached hydrogen (secondary N) is 2. The summed E-state index contributed by atoms with van der Waals surface area (Å²) >= 11 is 7.09. The van der Waals surface area contributed by atoms with E-state index in [1.807, 2.05) is 0 Å². The Balaban J connectivity index is 1.90. The van der Waals surface area contributed by atoms with Gasteiger partial charge in [-0.3, -0.25) is 9.59 Å². The number of anilines is 1. The van der Waals surface area contributed by atoms with Crippen LogP contribution in [0.4, 0.5) is 5.69 Å². The van der Waals surface area contributed by atoms with E-state index in [0.29, 0.717) is 10.7 Å². The maximum absolute atomic E-state index is 11.9. The molecule has 0 bridgehead atoms. The minimum Gasteiger partial charge on any atom is -0.480 e. The monoisotopic (exact) mass is 328 g/mol. The van der Waals surface area contributed by atoms with Gasteiger partial charge in [-0.25, -0.2) is 4.79 Å². The minimum atomic E-state index is -1.07. The molecule has 2 rings (SSSR count). The first kappa shape index (κ1) is 15.7. The van der Waals surface area contributed by atoms with Gasteiger partial charge in [0, 0.05) is 12.2 Å². The lowest BCUT2D eigenvalue weighted by molar-refractivity contribution is -0.141. The van der Waals surface area contributed by atoms with Crippen molar-refractivity contribution in [1.29, 1.82) is 0 Å². The zero-order chi connectivity index (χ0) is 15.4. The van der Waals surface area contributed by atoms with E-state index in [-0.39, 0.29) is 18.1 Å². The fraction of sp³-hybridized carbons (Fsp3) is 0.308. The normalized spacial score (nSPS) is 21.5. The second-order valence-corrected chi connectivity index (χ2v) is 6.10. The molecule has 0 aliphatic carbocycles. The van der Waals surface area contributed by atoms with Crippen molar-refractivity contribution in [3.63, 3.8) is 0 Å². The van der Waals surface area contributed by atoms with Crippen LogP contribution in [-0.4, -0.2) is 39.9 Å². The topological polar surface area (TPSA) is 95.5 Å². The number of rotatable bonds is 4. The molecule has 6 nitrogen and oxygen atoms in total. The van der Waals surface area contributed by atoms with Gasteiger partial charge in [0.2, 0.25) is 11.8 Å². The van der Waals surface area contributed by atoms with Crippen LogP contribution in [0.5, 0.6) is 0 Å². The van der Waals surface area contributed by atoms with E-state index in [1.54, 1.807) is 24.3 Å². The van der Waals surface area contributed by atoms with E-state index >= 15 is 0 Å². The number of hydrogen-bond donors (Lipinski definition) is 3. The molecule has 0 saturated carbocycles. The number of carbonyl (C=O) groups excluding carboxylic acids is 2. The molecule has 8 heteroatoms. The molecule has 112 valence electrons. The highest BCUT2D eigenvalue weighted by molar-refractivity contribution is 8.00. The minimum absolute atomic E-state index is 0.0337. The molecule has 3 N–H and O–H groups in total. The largest absolute Gasteiger partial charge is 0.480 e. The lowest BCUT2D eigenvalue weighted by Gasteiger charge is -2.25. The number of amides is 2. The van der Waals surface area contributed by atoms with E-state index in [9.17, 15) is 14.4 Å². The highest BCUT2D eigenvalue weighted by atomic mass is 35.5. The number of benzene rings is 1. The second-order valence-electron chi connectivity index (χ2n) is 4.45. The first-order valence-corrected chi connectivity index (χ1v) is 7.59. The highest BCUT2D eigenvalue weighted by Crippen LogP contribution is 2.24. The van der Waals surface area contributed by atoms with Crippen LogP contribution in [0.25, 0.3) is 0 Å². The van der Waals surface area contributed by atoms with Crippen molar-refractivity contribution in [1.82, 2.24) is 5.32 Å². The summed E-state index contributed by atoms with van der Waals surface area (Å²) in [6.07, 6.45) is -0.0337. The maximum atomic E-state index is 11.9. The van der Waals surface area contributed by atoms with Gasteiger partial charge in [-0.05, 0) is 12.1 Å². The zero-order valence-corrected chi connectivity index (χ0v) is 12.4. The number of carboxylic acids is 1. The zero-order valence-electron chi connectivity index (χ0n) is 10.8. The molecule has 1 aromatic carbocycles. The molecule has 0 aromatic heterocycles. The standard InChI is InChI=1S/C13H13ClN2O4S/c14-7-3-1-2-4-8(7)15-11(17)5-10-12(18)16-9(6-21-10)13(19)20/h1-4,9-10H,5-6H2,(H,15,17)(H,16,18)(H,19,20)/t9-,10-/m1/s1. The molecule has 1 fully saturated rings. The second kappa shape index (κ2) is 6.82. The number of hydrogen-bond acceptors (Lipinski definition) is 4. The van der Waals surface area contributed by atoms with Crippen molar-refractivity contribution in [3.8, 4) is 0 Å². The lowest BCUT2D eigenvalue weighted by Crippen LogP contribution is -2.51. The average Bonchev–Trinajstić information content (AvgIpc) is 2.43. The van der Waals surface area contributed by atoms with Crippen molar-refractivity contribution < 1.29 is 19.5 Å². The number of carboxylic acid groups (broad SMARTS) is 1. The van der Waals surface area contributed by atoms with Gasteiger partial charge >= 0.3 is 5.97 Å². The van der Waals surface area contributed by atoms with Crippen molar-refractivity contribution in [3.05, 3.63) is 29.3 Å². The molecule has 0 unspecified atom stereocenters. The van der Waals surface area contributed by atoms with Gasteiger partial charge < -0.3 is 15.7 Å². The first-order valence-electron chi connectivity index (χ1n) is 6.16. The molecule has 21 heavy (non-hydrogen) atoms. The Kier molecular flexibility index (Phi) is 5.08. The Bertz CT molecular complexity index is 581. The number of para-hydroxylation sites is 1. The SMILES string of the molecule is O=C(C[C@H]1SC[C@H](C(=O)O)NC1=O)Nc1ccccc1Cl. The summed E-state index contributed by atoms with van der Waals surface area (Å²) in [6, 6.07) is 5.89. The third-order valence-corrected chi connectivity index (χ3v) is 4.53. The molecule has 2 amide bonds. The van der Waals surface area contributed by atoms with Crippen LogP contribution in [-0.2, 0) is 14.4 Å². The number of aliphatic carboxylic acids is 1. The summed E-state index contributed by atoms with van der Waals surface area (Å²) in [4.78, 5) is 34.5. The van der Waals surface area contributed by atoms with E-state index in [0.717, 1.165) is 11.8 Å². The van der Waals surface area contributed by atoms with Crippen LogP contribution in [0.1, 0.15) is 6.42 Å². The van der Waals surface area contributed by atoms with Crippen LogP contribution in [0.3, 0.4) is 0 Å². The Morgan fingerprint density at radius 2 is 2.14 bits per heavy atom. The van der Waals surface area contributed by atoms with E-state index in [1.165, 1.54) is 0 Å². The summed E-state index contributed by atoms with van der Waals surface area (Å²) in [5.41, 5.74) is 0.480. The third kappa shape index (κ3) is 4.12. The van der Waals surface area contributed by atoms with E-state index < -0.39 is 23.2 Å². The predicted octanol–water partition coefficient (Wildman–Crippen LogP) is 1.35. The fourth-order valence-electron chi connectivity index (χ4n) is 1.81. The van der Waals surface area contributed by atoms with Crippen molar-refractivity contribution in [2.24, 2.45) is 0 Å². The molecule has 1 saturated heterocycles. The quantitative estimate of drug-likeness (QED) is 0.775. The van der Waals surface area contributed by atoms with Gasteiger partial charge in [0.25, 0.3) is 0 Å². The molecule has 0 radical (unpaired) electrons. The van der Waals surface area contributed by atoms with Crippen molar-refractivity contribution in [2.75, 3.05) is 11.1 Å². The summed E-state index contributed by atoms with van der Waals surface area (Å²) in [5, 5.41) is 13.7. The molecule has 0 spiro atoms. The van der Waals surface area contributed by atoms with E-state index in [4.69, 9.17) is 16.7 Å². The molecular formula is C13H13ClN2O4S. The Morgan fingerprint density at radius 1 is 1.43 bits per heavy atom. The first-order chi connectivity index (χ1) is 9.97. The van der Waals surface area contributed by atoms with Gasteiger partial charge in [-0.1, -0.05) is 23.7 Å². The molecule has 1 heterocycles. The van der Waals surface area contributed by atoms with Gasteiger partial charge in [0.1, 0.15) is 6.04 Å². The van der Waals surface area contributed by atoms with Crippen LogP contribution >= 0.6 is 23.4 Å².